The fraction of sp³-hybridized carbons (Fsp3) is 0.385. The first-order chi connectivity index (χ1) is 8.08. The third-order valence-corrected chi connectivity index (χ3v) is 2.60. The molecule has 4 heteroatoms. The first kappa shape index (κ1) is 11.6. The third-order valence-electron chi connectivity index (χ3n) is 2.60. The average Bonchev–Trinajstić information content (AvgIpc) is 2.71. The largest absolute Gasteiger partial charge is 0.350 e. The number of imidazole rings is 1. The molecule has 0 fully saturated rings. The van der Waals surface area contributed by atoms with Gasteiger partial charge in [-0.2, -0.15) is 0 Å². The van der Waals surface area contributed by atoms with E-state index >= 15 is 0 Å². The molecular weight excluding hydrogens is 214 g/mol. The van der Waals surface area contributed by atoms with Crippen LogP contribution in [0.5, 0.6) is 0 Å². The van der Waals surface area contributed by atoms with E-state index in [1.807, 2.05) is 29.5 Å². The zero-order chi connectivity index (χ0) is 12.4. The van der Waals surface area contributed by atoms with Gasteiger partial charge in [0.2, 0.25) is 0 Å². The van der Waals surface area contributed by atoms with Crippen LogP contribution in [0.1, 0.15) is 30.0 Å². The highest BCUT2D eigenvalue weighted by Gasteiger charge is 2.11. The molecule has 2 aromatic heterocycles. The summed E-state index contributed by atoms with van der Waals surface area (Å²) in [7, 11) is 0. The molecule has 0 aliphatic heterocycles. The molecule has 90 valence electrons. The molecule has 2 rings (SSSR count). The van der Waals surface area contributed by atoms with E-state index in [1.54, 1.807) is 6.20 Å². The number of nitrogens with one attached hydrogen (secondary N) is 1. The molecule has 4 nitrogen and oxygen atoms in total. The van der Waals surface area contributed by atoms with Crippen molar-refractivity contribution in [2.24, 2.45) is 5.92 Å². The molecule has 0 atom stereocenters. The number of nitrogens with zero attached hydrogens (tertiary/aromatic N) is 2. The third kappa shape index (κ3) is 2.46. The lowest BCUT2D eigenvalue weighted by atomic mass is 10.2. The zero-order valence-corrected chi connectivity index (χ0v) is 10.4. The number of rotatable bonds is 3. The molecule has 17 heavy (non-hydrogen) atoms. The van der Waals surface area contributed by atoms with Crippen LogP contribution in [0.2, 0.25) is 0 Å². The highest BCUT2D eigenvalue weighted by atomic mass is 16.1. The van der Waals surface area contributed by atoms with E-state index in [9.17, 15) is 4.79 Å². The fourth-order valence-electron chi connectivity index (χ4n) is 1.65. The lowest BCUT2D eigenvalue weighted by Crippen LogP contribution is -2.27. The van der Waals surface area contributed by atoms with Gasteiger partial charge < -0.3 is 9.72 Å². The monoisotopic (exact) mass is 231 g/mol. The van der Waals surface area contributed by atoms with Crippen LogP contribution >= 0.6 is 0 Å². The summed E-state index contributed by atoms with van der Waals surface area (Å²) in [6, 6.07) is 5.82. The van der Waals surface area contributed by atoms with Crippen molar-refractivity contribution in [2.75, 3.05) is 6.54 Å². The van der Waals surface area contributed by atoms with Gasteiger partial charge in [0, 0.05) is 18.4 Å². The summed E-state index contributed by atoms with van der Waals surface area (Å²) in [4.78, 5) is 16.1. The Morgan fingerprint density at radius 1 is 1.47 bits per heavy atom. The van der Waals surface area contributed by atoms with Crippen molar-refractivity contribution in [1.82, 2.24) is 14.7 Å². The topological polar surface area (TPSA) is 46.4 Å². The van der Waals surface area contributed by atoms with E-state index in [-0.39, 0.29) is 5.91 Å². The Bertz CT molecular complexity index is 543. The lowest BCUT2D eigenvalue weighted by molar-refractivity contribution is 0.0944. The molecule has 0 aliphatic carbocycles. The van der Waals surface area contributed by atoms with Crippen molar-refractivity contribution < 1.29 is 4.79 Å². The van der Waals surface area contributed by atoms with Gasteiger partial charge in [-0.05, 0) is 25.0 Å². The second-order valence-electron chi connectivity index (χ2n) is 4.63. The van der Waals surface area contributed by atoms with Crippen LogP contribution in [0.4, 0.5) is 0 Å². The van der Waals surface area contributed by atoms with E-state index in [2.05, 4.69) is 24.1 Å². The fourth-order valence-corrected chi connectivity index (χ4v) is 1.65. The van der Waals surface area contributed by atoms with Crippen molar-refractivity contribution >= 4 is 11.6 Å². The lowest BCUT2D eigenvalue weighted by Gasteiger charge is -2.04. The van der Waals surface area contributed by atoms with Gasteiger partial charge in [0.25, 0.3) is 5.91 Å². The van der Waals surface area contributed by atoms with Crippen LogP contribution in [-0.4, -0.2) is 21.8 Å². The summed E-state index contributed by atoms with van der Waals surface area (Å²) in [5, 5.41) is 2.86. The van der Waals surface area contributed by atoms with Gasteiger partial charge in [0.1, 0.15) is 11.3 Å². The van der Waals surface area contributed by atoms with Crippen molar-refractivity contribution in [1.29, 1.82) is 0 Å². The van der Waals surface area contributed by atoms with E-state index in [0.717, 1.165) is 11.3 Å². The van der Waals surface area contributed by atoms with E-state index in [4.69, 9.17) is 0 Å². The normalized spacial score (nSPS) is 11.1. The predicted molar refractivity (Wildman–Crippen MR) is 67.1 cm³/mol. The first-order valence-electron chi connectivity index (χ1n) is 5.81. The summed E-state index contributed by atoms with van der Waals surface area (Å²) < 4.78 is 1.92. The molecule has 0 aromatic carbocycles. The van der Waals surface area contributed by atoms with E-state index in [1.165, 1.54) is 0 Å². The number of carbonyl (C=O) groups is 1. The van der Waals surface area contributed by atoms with Crippen LogP contribution in [0.15, 0.2) is 24.4 Å². The van der Waals surface area contributed by atoms with Crippen LogP contribution in [0.3, 0.4) is 0 Å². The van der Waals surface area contributed by atoms with Gasteiger partial charge in [-0.3, -0.25) is 4.79 Å². The number of aromatic nitrogens is 2. The Morgan fingerprint density at radius 2 is 2.24 bits per heavy atom. The van der Waals surface area contributed by atoms with Crippen LogP contribution in [-0.2, 0) is 0 Å². The second-order valence-corrected chi connectivity index (χ2v) is 4.63. The molecule has 0 aliphatic rings. The molecule has 0 bridgehead atoms. The number of carbonyl (C=O) groups excluding carboxylic acids is 1. The summed E-state index contributed by atoms with van der Waals surface area (Å²) in [5.41, 5.74) is 2.34. The molecule has 2 heterocycles. The van der Waals surface area contributed by atoms with Crippen LogP contribution in [0, 0.1) is 12.8 Å². The number of aryl methyl sites for hydroxylation is 1. The first-order valence-corrected chi connectivity index (χ1v) is 5.81. The van der Waals surface area contributed by atoms with Gasteiger partial charge in [-0.15, -0.1) is 0 Å². The smallest absolute Gasteiger partial charge is 0.271 e. The maximum atomic E-state index is 11.8. The SMILES string of the molecule is Cc1cccc2nc(C(=O)NCC(C)C)cn12. The molecular formula is C13H17N3O. The minimum Gasteiger partial charge on any atom is -0.350 e. The van der Waals surface area contributed by atoms with Gasteiger partial charge in [0.15, 0.2) is 0 Å². The van der Waals surface area contributed by atoms with Crippen LogP contribution < -0.4 is 5.32 Å². The molecule has 0 saturated carbocycles. The number of fused-ring (bicyclic) bond motifs is 1. The molecule has 1 amide bonds. The molecule has 0 spiro atoms. The quantitative estimate of drug-likeness (QED) is 0.878. The van der Waals surface area contributed by atoms with Gasteiger partial charge in [0.05, 0.1) is 0 Å². The minimum atomic E-state index is -0.109. The standard InChI is InChI=1S/C13H17N3O/c1-9(2)7-14-13(17)11-8-16-10(3)5-4-6-12(16)15-11/h4-6,8-9H,7H2,1-3H3,(H,14,17). The van der Waals surface area contributed by atoms with E-state index < -0.39 is 0 Å². The predicted octanol–water partition coefficient (Wildman–Crippen LogP) is 2.03. The van der Waals surface area contributed by atoms with E-state index in [0.29, 0.717) is 18.2 Å². The Balaban J connectivity index is 2.24. The molecule has 1 N–H and O–H groups in total. The highest BCUT2D eigenvalue weighted by molar-refractivity contribution is 5.92. The number of amides is 1. The van der Waals surface area contributed by atoms with Crippen molar-refractivity contribution in [3.8, 4) is 0 Å². The maximum Gasteiger partial charge on any atom is 0.271 e. The summed E-state index contributed by atoms with van der Waals surface area (Å²) in [6.07, 6.45) is 1.78. The minimum absolute atomic E-state index is 0.109. The number of hydrogen-bond acceptors (Lipinski definition) is 2. The van der Waals surface area contributed by atoms with Gasteiger partial charge in [-0.1, -0.05) is 19.9 Å². The Labute approximate surface area is 101 Å². The zero-order valence-electron chi connectivity index (χ0n) is 10.4. The number of hydrogen-bond donors (Lipinski definition) is 1. The average molecular weight is 231 g/mol. The summed E-state index contributed by atoms with van der Waals surface area (Å²) in [5.74, 6) is 0.333. The summed E-state index contributed by atoms with van der Waals surface area (Å²) >= 11 is 0. The van der Waals surface area contributed by atoms with Gasteiger partial charge in [-0.25, -0.2) is 4.98 Å². The van der Waals surface area contributed by atoms with Crippen molar-refractivity contribution in [3.63, 3.8) is 0 Å². The van der Waals surface area contributed by atoms with Crippen LogP contribution in [0.25, 0.3) is 5.65 Å². The maximum absolute atomic E-state index is 11.8. The molecule has 0 unspecified atom stereocenters. The Hall–Kier alpha value is -1.84. The molecule has 2 aromatic rings. The van der Waals surface area contributed by atoms with Crippen molar-refractivity contribution in [3.05, 3.63) is 35.8 Å². The Kier molecular flexibility index (Phi) is 3.13. The highest BCUT2D eigenvalue weighted by Crippen LogP contribution is 2.08. The molecule has 0 saturated heterocycles. The summed E-state index contributed by atoms with van der Waals surface area (Å²) in [6.45, 7) is 6.79. The van der Waals surface area contributed by atoms with Crippen molar-refractivity contribution in [2.45, 2.75) is 20.8 Å². The second kappa shape index (κ2) is 4.57. The van der Waals surface area contributed by atoms with Gasteiger partial charge >= 0.3 is 0 Å². The Morgan fingerprint density at radius 3 is 2.88 bits per heavy atom. The molecule has 0 radical (unpaired) electrons. The number of pyridine rings is 1.